The first-order valence-corrected chi connectivity index (χ1v) is 4.27. The van der Waals surface area contributed by atoms with Crippen molar-refractivity contribution in [3.63, 3.8) is 0 Å². The molecular weight excluding hydrogens is 156 g/mol. The molecule has 0 radical (unpaired) electrons. The van der Waals surface area contributed by atoms with Crippen LogP contribution in [0.25, 0.3) is 0 Å². The minimum atomic E-state index is -0.636. The monoisotopic (exact) mass is 172 g/mol. The van der Waals surface area contributed by atoms with Crippen LogP contribution in [0.4, 0.5) is 0 Å². The fourth-order valence-electron chi connectivity index (χ4n) is 1.08. The summed E-state index contributed by atoms with van der Waals surface area (Å²) < 4.78 is 10.7. The zero-order valence-electron chi connectivity index (χ0n) is 7.73. The largest absolute Gasteiger partial charge is 0.384 e. The molecule has 0 aromatic carbocycles. The van der Waals surface area contributed by atoms with Gasteiger partial charge < -0.3 is 14.6 Å². The van der Waals surface area contributed by atoms with Crippen molar-refractivity contribution in [1.82, 2.24) is 0 Å². The third-order valence-corrected chi connectivity index (χ3v) is 1.61. The summed E-state index contributed by atoms with van der Waals surface area (Å²) >= 11 is 0. The van der Waals surface area contributed by atoms with Crippen molar-refractivity contribution in [2.24, 2.45) is 0 Å². The van der Waals surface area contributed by atoms with Crippen LogP contribution in [0.3, 0.4) is 0 Å². The van der Waals surface area contributed by atoms with Gasteiger partial charge in [0.25, 0.3) is 0 Å². The minimum absolute atomic E-state index is 0.0251. The van der Waals surface area contributed by atoms with Gasteiger partial charge in [0.15, 0.2) is 6.29 Å². The highest BCUT2D eigenvalue weighted by Crippen LogP contribution is 2.15. The molecule has 1 aliphatic rings. The minimum Gasteiger partial charge on any atom is -0.384 e. The molecule has 3 atom stereocenters. The maximum Gasteiger partial charge on any atom is 0.188 e. The molecule has 70 valence electrons. The number of aliphatic hydroxyl groups is 1. The molecule has 0 aromatic heterocycles. The lowest BCUT2D eigenvalue weighted by atomic mass is 10.2. The van der Waals surface area contributed by atoms with Crippen LogP contribution in [-0.2, 0) is 9.47 Å². The first-order chi connectivity index (χ1) is 5.59. The predicted molar refractivity (Wildman–Crippen MR) is 45.7 cm³/mol. The smallest absolute Gasteiger partial charge is 0.188 e. The molecule has 0 bridgehead atoms. The molecule has 0 fully saturated rings. The van der Waals surface area contributed by atoms with Crippen molar-refractivity contribution in [2.75, 3.05) is 0 Å². The zero-order chi connectivity index (χ0) is 9.14. The molecule has 1 aliphatic heterocycles. The van der Waals surface area contributed by atoms with Crippen molar-refractivity contribution in [1.29, 1.82) is 0 Å². The predicted octanol–water partition coefficient (Wildman–Crippen LogP) is 1.07. The molecule has 3 heteroatoms. The summed E-state index contributed by atoms with van der Waals surface area (Å²) in [6.45, 7) is 5.75. The van der Waals surface area contributed by atoms with Crippen molar-refractivity contribution >= 4 is 0 Å². The second-order valence-electron chi connectivity index (χ2n) is 3.27. The van der Waals surface area contributed by atoms with E-state index in [9.17, 15) is 5.11 Å². The Balaban J connectivity index is 2.48. The first-order valence-electron chi connectivity index (χ1n) is 4.27. The molecule has 0 amide bonds. The van der Waals surface area contributed by atoms with Crippen LogP contribution in [-0.4, -0.2) is 29.7 Å². The summed E-state index contributed by atoms with van der Waals surface area (Å²) in [5.41, 5.74) is 0. The van der Waals surface area contributed by atoms with Crippen LogP contribution in [0.5, 0.6) is 0 Å². The maximum atomic E-state index is 9.40. The van der Waals surface area contributed by atoms with Crippen LogP contribution < -0.4 is 0 Å². The van der Waals surface area contributed by atoms with Gasteiger partial charge >= 0.3 is 0 Å². The summed E-state index contributed by atoms with van der Waals surface area (Å²) in [6, 6.07) is 0. The van der Waals surface area contributed by atoms with E-state index in [2.05, 4.69) is 0 Å². The Bertz CT molecular complexity index is 165. The molecule has 0 saturated heterocycles. The van der Waals surface area contributed by atoms with Gasteiger partial charge in [-0.05, 0) is 20.8 Å². The topological polar surface area (TPSA) is 38.7 Å². The molecule has 1 N–H and O–H groups in total. The molecular formula is C9H16O3. The Kier molecular flexibility index (Phi) is 3.26. The van der Waals surface area contributed by atoms with Crippen molar-refractivity contribution in [3.05, 3.63) is 12.2 Å². The second kappa shape index (κ2) is 4.03. The van der Waals surface area contributed by atoms with E-state index in [4.69, 9.17) is 9.47 Å². The van der Waals surface area contributed by atoms with E-state index in [0.29, 0.717) is 0 Å². The van der Waals surface area contributed by atoms with E-state index < -0.39 is 12.4 Å². The number of ether oxygens (including phenoxy) is 2. The lowest BCUT2D eigenvalue weighted by molar-refractivity contribution is -0.215. The molecule has 0 saturated carbocycles. The van der Waals surface area contributed by atoms with E-state index in [1.54, 1.807) is 6.08 Å². The summed E-state index contributed by atoms with van der Waals surface area (Å²) in [7, 11) is 0. The molecule has 1 rings (SSSR count). The van der Waals surface area contributed by atoms with E-state index in [0.717, 1.165) is 0 Å². The van der Waals surface area contributed by atoms with E-state index in [1.807, 2.05) is 26.8 Å². The molecule has 3 nitrogen and oxygen atoms in total. The second-order valence-corrected chi connectivity index (χ2v) is 3.27. The molecule has 0 unspecified atom stereocenters. The number of hydrogen-bond acceptors (Lipinski definition) is 3. The summed E-state index contributed by atoms with van der Waals surface area (Å²) in [5, 5.41) is 9.40. The van der Waals surface area contributed by atoms with Gasteiger partial charge in [0.05, 0.1) is 12.2 Å². The average molecular weight is 172 g/mol. The normalized spacial score (nSPS) is 35.9. The Morgan fingerprint density at radius 3 is 2.67 bits per heavy atom. The van der Waals surface area contributed by atoms with Crippen LogP contribution in [0.2, 0.25) is 0 Å². The van der Waals surface area contributed by atoms with Gasteiger partial charge in [-0.2, -0.15) is 0 Å². The fraction of sp³-hybridized carbons (Fsp3) is 0.778. The zero-order valence-corrected chi connectivity index (χ0v) is 7.73. The SMILES string of the molecule is CC(C)O[C@H]1O[C@H](C)C=C[C@H]1O. The summed E-state index contributed by atoms with van der Waals surface area (Å²) in [5.74, 6) is 0. The quantitative estimate of drug-likeness (QED) is 0.633. The third-order valence-electron chi connectivity index (χ3n) is 1.61. The molecule has 0 spiro atoms. The molecule has 0 aromatic rings. The summed E-state index contributed by atoms with van der Waals surface area (Å²) in [4.78, 5) is 0. The van der Waals surface area contributed by atoms with Crippen molar-refractivity contribution < 1.29 is 14.6 Å². The number of rotatable bonds is 2. The molecule has 1 heterocycles. The van der Waals surface area contributed by atoms with Crippen LogP contribution >= 0.6 is 0 Å². The Labute approximate surface area is 73.0 Å². The Morgan fingerprint density at radius 2 is 2.08 bits per heavy atom. The van der Waals surface area contributed by atoms with Gasteiger partial charge in [0.1, 0.15) is 6.10 Å². The highest BCUT2D eigenvalue weighted by atomic mass is 16.7. The number of aliphatic hydroxyl groups excluding tert-OH is 1. The lowest BCUT2D eigenvalue weighted by Gasteiger charge is -2.29. The Morgan fingerprint density at radius 1 is 1.42 bits per heavy atom. The lowest BCUT2D eigenvalue weighted by Crippen LogP contribution is -2.37. The molecule has 12 heavy (non-hydrogen) atoms. The summed E-state index contributed by atoms with van der Waals surface area (Å²) in [6.07, 6.45) is 2.49. The number of hydrogen-bond donors (Lipinski definition) is 1. The third kappa shape index (κ3) is 2.59. The van der Waals surface area contributed by atoms with Gasteiger partial charge in [-0.3, -0.25) is 0 Å². The first kappa shape index (κ1) is 9.71. The van der Waals surface area contributed by atoms with Gasteiger partial charge in [-0.1, -0.05) is 12.2 Å². The fourth-order valence-corrected chi connectivity index (χ4v) is 1.08. The standard InChI is InChI=1S/C9H16O3/c1-6(2)11-9-8(10)5-4-7(3)12-9/h4-10H,1-3H3/t7-,8-,9+/m1/s1. The van der Waals surface area contributed by atoms with E-state index in [1.165, 1.54) is 0 Å². The van der Waals surface area contributed by atoms with Gasteiger partial charge in [0.2, 0.25) is 0 Å². The van der Waals surface area contributed by atoms with Crippen LogP contribution in [0.15, 0.2) is 12.2 Å². The van der Waals surface area contributed by atoms with Gasteiger partial charge in [-0.15, -0.1) is 0 Å². The van der Waals surface area contributed by atoms with Crippen molar-refractivity contribution in [3.8, 4) is 0 Å². The van der Waals surface area contributed by atoms with E-state index in [-0.39, 0.29) is 12.2 Å². The van der Waals surface area contributed by atoms with Crippen LogP contribution in [0.1, 0.15) is 20.8 Å². The Hall–Kier alpha value is -0.380. The van der Waals surface area contributed by atoms with E-state index >= 15 is 0 Å². The maximum absolute atomic E-state index is 9.40. The van der Waals surface area contributed by atoms with Gasteiger partial charge in [-0.25, -0.2) is 0 Å². The highest BCUT2D eigenvalue weighted by Gasteiger charge is 2.24. The average Bonchev–Trinajstić information content (AvgIpc) is 1.96. The van der Waals surface area contributed by atoms with Crippen molar-refractivity contribution in [2.45, 2.75) is 45.4 Å². The van der Waals surface area contributed by atoms with Gasteiger partial charge in [0, 0.05) is 0 Å². The van der Waals surface area contributed by atoms with Crippen LogP contribution in [0, 0.1) is 0 Å². The highest BCUT2D eigenvalue weighted by molar-refractivity contribution is 4.98. The molecule has 0 aliphatic carbocycles.